The van der Waals surface area contributed by atoms with Gasteiger partial charge in [-0.1, -0.05) is 11.6 Å². The predicted molar refractivity (Wildman–Crippen MR) is 107 cm³/mol. The van der Waals surface area contributed by atoms with Crippen LogP contribution in [0.3, 0.4) is 0 Å². The summed E-state index contributed by atoms with van der Waals surface area (Å²) in [6.07, 6.45) is -5.03. The van der Waals surface area contributed by atoms with Crippen molar-refractivity contribution in [3.8, 4) is 11.6 Å². The second-order valence-corrected chi connectivity index (χ2v) is 9.17. The van der Waals surface area contributed by atoms with Crippen LogP contribution in [0, 0.1) is 11.6 Å². The largest absolute Gasteiger partial charge is 0.487 e. The molecule has 0 saturated heterocycles. The lowest BCUT2D eigenvalue weighted by atomic mass is 10.1. The first-order valence-corrected chi connectivity index (χ1v) is 10.8. The molecule has 1 aromatic heterocycles. The highest BCUT2D eigenvalue weighted by molar-refractivity contribution is 7.87. The predicted octanol–water partition coefficient (Wildman–Crippen LogP) is 3.70. The number of nitrogens with one attached hydrogen (secondary N) is 1. The maximum absolute atomic E-state index is 14.3. The number of amides is 1. The van der Waals surface area contributed by atoms with Crippen LogP contribution in [-0.2, 0) is 16.8 Å². The fraction of sp³-hybridized carbons (Fsp3) is 0.333. The van der Waals surface area contributed by atoms with Crippen LogP contribution >= 0.6 is 11.6 Å². The summed E-state index contributed by atoms with van der Waals surface area (Å²) in [5, 5.41) is -0.513. The van der Waals surface area contributed by atoms with Gasteiger partial charge in [0.2, 0.25) is 5.88 Å². The molecular formula is C18H15ClF7N3O5S. The lowest BCUT2D eigenvalue weighted by Gasteiger charge is -2.19. The number of carbonyl (C=O) groups is 1. The Labute approximate surface area is 198 Å². The molecule has 0 atom stereocenters. The summed E-state index contributed by atoms with van der Waals surface area (Å²) in [5.41, 5.74) is -1.32. The van der Waals surface area contributed by atoms with Crippen molar-refractivity contribution in [3.05, 3.63) is 52.2 Å². The van der Waals surface area contributed by atoms with Crippen molar-refractivity contribution < 1.29 is 53.4 Å². The minimum Gasteiger partial charge on any atom is -0.487 e. The van der Waals surface area contributed by atoms with Crippen molar-refractivity contribution in [1.82, 2.24) is 14.0 Å². The summed E-state index contributed by atoms with van der Waals surface area (Å²) in [4.78, 5) is 15.4. The molecule has 1 amide bonds. The van der Waals surface area contributed by atoms with E-state index < -0.39 is 75.1 Å². The van der Waals surface area contributed by atoms with Crippen molar-refractivity contribution in [1.29, 1.82) is 0 Å². The number of aromatic nitrogens is 1. The average Bonchev–Trinajstić information content (AvgIpc) is 2.72. The highest BCUT2D eigenvalue weighted by atomic mass is 35.5. The van der Waals surface area contributed by atoms with Gasteiger partial charge in [0.15, 0.2) is 6.61 Å². The van der Waals surface area contributed by atoms with E-state index in [1.54, 1.807) is 0 Å². The highest BCUT2D eigenvalue weighted by Gasteiger charge is 2.58. The van der Waals surface area contributed by atoms with Gasteiger partial charge in [0.1, 0.15) is 29.0 Å². The highest BCUT2D eigenvalue weighted by Crippen LogP contribution is 2.36. The van der Waals surface area contributed by atoms with E-state index in [1.165, 1.54) is 4.72 Å². The molecule has 1 heterocycles. The molecule has 8 nitrogen and oxygen atoms in total. The Morgan fingerprint density at radius 3 is 2.26 bits per heavy atom. The number of hydrogen-bond acceptors (Lipinski definition) is 6. The molecule has 1 N–H and O–H groups in total. The summed E-state index contributed by atoms with van der Waals surface area (Å²) in [7, 11) is -2.06. The van der Waals surface area contributed by atoms with Gasteiger partial charge in [-0.2, -0.15) is 34.7 Å². The lowest BCUT2D eigenvalue weighted by Crippen LogP contribution is -2.41. The molecule has 35 heavy (non-hydrogen) atoms. The fourth-order valence-corrected chi connectivity index (χ4v) is 2.87. The van der Waals surface area contributed by atoms with Crippen molar-refractivity contribution in [3.63, 3.8) is 0 Å². The van der Waals surface area contributed by atoms with Crippen LogP contribution in [0.2, 0.25) is 5.02 Å². The Kier molecular flexibility index (Phi) is 8.44. The number of halogens is 8. The zero-order valence-corrected chi connectivity index (χ0v) is 19.2. The number of ether oxygens (including phenoxy) is 2. The van der Waals surface area contributed by atoms with Crippen LogP contribution in [0.4, 0.5) is 30.7 Å². The van der Waals surface area contributed by atoms with Gasteiger partial charge in [-0.3, -0.25) is 4.79 Å². The van der Waals surface area contributed by atoms with Gasteiger partial charge in [-0.15, -0.1) is 0 Å². The van der Waals surface area contributed by atoms with E-state index in [9.17, 15) is 43.9 Å². The van der Waals surface area contributed by atoms with Gasteiger partial charge in [-0.05, 0) is 12.1 Å². The van der Waals surface area contributed by atoms with E-state index in [0.29, 0.717) is 16.4 Å². The second-order valence-electron chi connectivity index (χ2n) is 6.88. The van der Waals surface area contributed by atoms with Crippen LogP contribution in [-0.4, -0.2) is 56.4 Å². The average molecular weight is 554 g/mol. The SMILES string of the molecule is CN(C)S(=O)(=O)NC(=O)c1cc(F)c(COc2cnc(OCC(F)(F)C(F)(F)F)c(Cl)c2)cc1F. The topological polar surface area (TPSA) is 97.8 Å². The van der Waals surface area contributed by atoms with E-state index in [4.69, 9.17) is 16.3 Å². The molecule has 0 bridgehead atoms. The summed E-state index contributed by atoms with van der Waals surface area (Å²) in [5.74, 6) is -9.99. The molecule has 17 heteroatoms. The van der Waals surface area contributed by atoms with E-state index in [1.807, 2.05) is 0 Å². The Balaban J connectivity index is 2.09. The second kappa shape index (κ2) is 10.4. The molecule has 0 fully saturated rings. The monoisotopic (exact) mass is 553 g/mol. The fourth-order valence-electron chi connectivity index (χ4n) is 2.13. The van der Waals surface area contributed by atoms with Crippen LogP contribution < -0.4 is 14.2 Å². The van der Waals surface area contributed by atoms with Gasteiger partial charge in [0.05, 0.1) is 11.8 Å². The normalized spacial score (nSPS) is 12.5. The third kappa shape index (κ3) is 7.08. The van der Waals surface area contributed by atoms with Gasteiger partial charge >= 0.3 is 22.3 Å². The van der Waals surface area contributed by atoms with Crippen molar-refractivity contribution >= 4 is 27.7 Å². The zero-order chi connectivity index (χ0) is 26.8. The maximum atomic E-state index is 14.3. The lowest BCUT2D eigenvalue weighted by molar-refractivity contribution is -0.290. The Morgan fingerprint density at radius 2 is 1.71 bits per heavy atom. The molecule has 1 aromatic carbocycles. The number of rotatable bonds is 9. The maximum Gasteiger partial charge on any atom is 0.456 e. The van der Waals surface area contributed by atoms with Crippen LogP contribution in [0.1, 0.15) is 15.9 Å². The molecular weight excluding hydrogens is 539 g/mol. The Morgan fingerprint density at radius 1 is 1.09 bits per heavy atom. The summed E-state index contributed by atoms with van der Waals surface area (Å²) in [6, 6.07) is 1.92. The van der Waals surface area contributed by atoms with Crippen molar-refractivity contribution in [2.24, 2.45) is 0 Å². The van der Waals surface area contributed by atoms with Gasteiger partial charge in [-0.25, -0.2) is 18.5 Å². The van der Waals surface area contributed by atoms with Gasteiger partial charge < -0.3 is 9.47 Å². The van der Waals surface area contributed by atoms with E-state index in [2.05, 4.69) is 9.72 Å². The van der Waals surface area contributed by atoms with E-state index in [0.717, 1.165) is 26.4 Å². The molecule has 0 unspecified atom stereocenters. The van der Waals surface area contributed by atoms with Crippen LogP contribution in [0.15, 0.2) is 24.4 Å². The van der Waals surface area contributed by atoms with Crippen molar-refractivity contribution in [2.75, 3.05) is 20.7 Å². The molecule has 194 valence electrons. The van der Waals surface area contributed by atoms with E-state index >= 15 is 0 Å². The first kappa shape index (κ1) is 28.4. The van der Waals surface area contributed by atoms with Gasteiger partial charge in [0.25, 0.3) is 5.91 Å². The third-order valence-electron chi connectivity index (χ3n) is 4.06. The molecule has 2 rings (SSSR count). The molecule has 0 radical (unpaired) electrons. The molecule has 0 spiro atoms. The molecule has 0 aliphatic carbocycles. The number of nitrogens with zero attached hydrogens (tertiary/aromatic N) is 2. The van der Waals surface area contributed by atoms with Gasteiger partial charge in [0, 0.05) is 25.7 Å². The summed E-state index contributed by atoms with van der Waals surface area (Å²) < 4.78 is 126. The number of hydrogen-bond donors (Lipinski definition) is 1. The Bertz CT molecular complexity index is 1210. The van der Waals surface area contributed by atoms with Crippen molar-refractivity contribution in [2.45, 2.75) is 18.7 Å². The first-order chi connectivity index (χ1) is 15.9. The standard InChI is InChI=1S/C18H15ClF7N3O5S/c1-29(2)35(31,32)28-15(30)11-5-13(20)9(3-14(11)21)7-33-10-4-12(19)16(27-6-10)34-8-17(22,23)18(24,25)26/h3-6H,7-8H2,1-2H3,(H,28,30). The third-order valence-corrected chi connectivity index (χ3v) is 5.74. The smallest absolute Gasteiger partial charge is 0.456 e. The summed E-state index contributed by atoms with van der Waals surface area (Å²) >= 11 is 5.72. The first-order valence-electron chi connectivity index (χ1n) is 9.03. The Hall–Kier alpha value is -2.85. The molecule has 0 aliphatic rings. The van der Waals surface area contributed by atoms with E-state index in [-0.39, 0.29) is 5.75 Å². The van der Waals surface area contributed by atoms with Crippen LogP contribution in [0.25, 0.3) is 0 Å². The number of alkyl halides is 5. The quantitative estimate of drug-likeness (QED) is 0.476. The number of carbonyl (C=O) groups excluding carboxylic acids is 1. The molecule has 2 aromatic rings. The molecule has 0 aliphatic heterocycles. The van der Waals surface area contributed by atoms with Crippen LogP contribution in [0.5, 0.6) is 11.6 Å². The minimum atomic E-state index is -5.85. The zero-order valence-electron chi connectivity index (χ0n) is 17.6. The number of pyridine rings is 1. The summed E-state index contributed by atoms with van der Waals surface area (Å²) in [6.45, 7) is -2.74. The number of benzene rings is 1. The minimum absolute atomic E-state index is 0.219. The molecule has 0 saturated carbocycles.